The number of nitrogens with zero attached hydrogens (tertiary/aromatic N) is 1. The van der Waals surface area contributed by atoms with Crippen molar-refractivity contribution in [2.24, 2.45) is 0 Å². The molecule has 17 heavy (non-hydrogen) atoms. The van der Waals surface area contributed by atoms with Crippen LogP contribution in [0, 0.1) is 0 Å². The molecule has 2 rings (SSSR count). The third-order valence-electron chi connectivity index (χ3n) is 2.65. The SMILES string of the molecule is CC(CNc1cn[nH]c(=O)c1)c1ccccc1. The second-order valence-electron chi connectivity index (χ2n) is 4.03. The van der Waals surface area contributed by atoms with Crippen LogP contribution in [-0.4, -0.2) is 16.7 Å². The number of nitrogens with one attached hydrogen (secondary N) is 2. The number of aromatic nitrogens is 2. The Bertz CT molecular complexity index is 521. The molecule has 0 radical (unpaired) electrons. The van der Waals surface area contributed by atoms with Crippen molar-refractivity contribution in [3.8, 4) is 0 Å². The summed E-state index contributed by atoms with van der Waals surface area (Å²) in [5, 5.41) is 9.28. The number of anilines is 1. The fourth-order valence-corrected chi connectivity index (χ4v) is 1.64. The highest BCUT2D eigenvalue weighted by Crippen LogP contribution is 2.14. The van der Waals surface area contributed by atoms with E-state index >= 15 is 0 Å². The van der Waals surface area contributed by atoms with Gasteiger partial charge in [-0.25, -0.2) is 5.10 Å². The minimum absolute atomic E-state index is 0.192. The summed E-state index contributed by atoms with van der Waals surface area (Å²) in [5.41, 5.74) is 1.83. The lowest BCUT2D eigenvalue weighted by molar-refractivity contribution is 0.803. The molecule has 2 aromatic rings. The topological polar surface area (TPSA) is 57.8 Å². The van der Waals surface area contributed by atoms with Gasteiger partial charge in [-0.2, -0.15) is 5.10 Å². The number of benzene rings is 1. The Kier molecular flexibility index (Phi) is 3.55. The number of rotatable bonds is 4. The Hall–Kier alpha value is -2.10. The van der Waals surface area contributed by atoms with Gasteiger partial charge in [-0.3, -0.25) is 4.79 Å². The number of H-pyrrole nitrogens is 1. The second kappa shape index (κ2) is 5.30. The molecule has 0 saturated carbocycles. The van der Waals surface area contributed by atoms with Crippen LogP contribution in [0.5, 0.6) is 0 Å². The predicted molar refractivity (Wildman–Crippen MR) is 68.2 cm³/mol. The zero-order chi connectivity index (χ0) is 12.1. The van der Waals surface area contributed by atoms with Gasteiger partial charge in [0.05, 0.1) is 11.9 Å². The minimum Gasteiger partial charge on any atom is -0.383 e. The van der Waals surface area contributed by atoms with Crippen molar-refractivity contribution in [2.75, 3.05) is 11.9 Å². The summed E-state index contributed by atoms with van der Waals surface area (Å²) in [6.45, 7) is 2.91. The van der Waals surface area contributed by atoms with Crippen molar-refractivity contribution in [3.05, 3.63) is 58.5 Å². The Labute approximate surface area is 99.7 Å². The summed E-state index contributed by atoms with van der Waals surface area (Å²) >= 11 is 0. The fraction of sp³-hybridized carbons (Fsp3) is 0.231. The summed E-state index contributed by atoms with van der Waals surface area (Å²) in [6.07, 6.45) is 1.61. The van der Waals surface area contributed by atoms with Gasteiger partial charge >= 0.3 is 0 Å². The van der Waals surface area contributed by atoms with E-state index in [1.54, 1.807) is 6.20 Å². The molecule has 0 saturated heterocycles. The maximum absolute atomic E-state index is 11.0. The number of hydrogen-bond acceptors (Lipinski definition) is 3. The first kappa shape index (κ1) is 11.4. The van der Waals surface area contributed by atoms with E-state index in [9.17, 15) is 4.79 Å². The standard InChI is InChI=1S/C13H15N3O/c1-10(11-5-3-2-4-6-11)8-14-12-7-13(17)16-15-9-12/h2-7,9-10H,8H2,1H3,(H2,14,16,17). The summed E-state index contributed by atoms with van der Waals surface area (Å²) in [7, 11) is 0. The van der Waals surface area contributed by atoms with Crippen LogP contribution in [0.3, 0.4) is 0 Å². The van der Waals surface area contributed by atoms with E-state index in [4.69, 9.17) is 0 Å². The summed E-state index contributed by atoms with van der Waals surface area (Å²) in [6, 6.07) is 11.8. The first-order valence-electron chi connectivity index (χ1n) is 5.59. The molecule has 88 valence electrons. The van der Waals surface area contributed by atoms with E-state index in [-0.39, 0.29) is 5.56 Å². The van der Waals surface area contributed by atoms with Gasteiger partial charge in [0.1, 0.15) is 0 Å². The van der Waals surface area contributed by atoms with E-state index in [1.807, 2.05) is 18.2 Å². The van der Waals surface area contributed by atoms with E-state index < -0.39 is 0 Å². The zero-order valence-corrected chi connectivity index (χ0v) is 9.68. The van der Waals surface area contributed by atoms with Gasteiger partial charge < -0.3 is 5.32 Å². The third-order valence-corrected chi connectivity index (χ3v) is 2.65. The van der Waals surface area contributed by atoms with Gasteiger partial charge in [-0.15, -0.1) is 0 Å². The minimum atomic E-state index is -0.192. The molecule has 0 aliphatic rings. The lowest BCUT2D eigenvalue weighted by Crippen LogP contribution is -2.13. The van der Waals surface area contributed by atoms with E-state index in [0.29, 0.717) is 5.92 Å². The van der Waals surface area contributed by atoms with Crippen molar-refractivity contribution in [3.63, 3.8) is 0 Å². The average molecular weight is 229 g/mol. The molecule has 1 unspecified atom stereocenters. The molecule has 0 aliphatic carbocycles. The Morgan fingerprint density at radius 3 is 2.82 bits per heavy atom. The Balaban J connectivity index is 1.97. The molecule has 0 aliphatic heterocycles. The first-order chi connectivity index (χ1) is 8.25. The highest BCUT2D eigenvalue weighted by Gasteiger charge is 2.04. The predicted octanol–water partition coefficient (Wildman–Crippen LogP) is 1.99. The van der Waals surface area contributed by atoms with Gasteiger partial charge in [0.15, 0.2) is 0 Å². The highest BCUT2D eigenvalue weighted by atomic mass is 16.1. The van der Waals surface area contributed by atoms with E-state index in [2.05, 4.69) is 34.6 Å². The average Bonchev–Trinajstić information content (AvgIpc) is 2.37. The molecule has 1 aromatic carbocycles. The van der Waals surface area contributed by atoms with Crippen LogP contribution < -0.4 is 10.9 Å². The van der Waals surface area contributed by atoms with E-state index in [1.165, 1.54) is 11.6 Å². The van der Waals surface area contributed by atoms with E-state index in [0.717, 1.165) is 12.2 Å². The Morgan fingerprint density at radius 1 is 1.35 bits per heavy atom. The number of hydrogen-bond donors (Lipinski definition) is 2. The van der Waals surface area contributed by atoms with Crippen molar-refractivity contribution in [1.82, 2.24) is 10.2 Å². The second-order valence-corrected chi connectivity index (χ2v) is 4.03. The quantitative estimate of drug-likeness (QED) is 0.842. The van der Waals surface area contributed by atoms with Crippen LogP contribution >= 0.6 is 0 Å². The zero-order valence-electron chi connectivity index (χ0n) is 9.68. The molecule has 4 heteroatoms. The van der Waals surface area contributed by atoms with Gasteiger partial charge in [0.2, 0.25) is 0 Å². The smallest absolute Gasteiger partial charge is 0.266 e. The number of aromatic amines is 1. The molecular weight excluding hydrogens is 214 g/mol. The van der Waals surface area contributed by atoms with Crippen molar-refractivity contribution >= 4 is 5.69 Å². The molecule has 1 heterocycles. The summed E-state index contributed by atoms with van der Waals surface area (Å²) < 4.78 is 0. The van der Waals surface area contributed by atoms with Crippen LogP contribution in [0.2, 0.25) is 0 Å². The van der Waals surface area contributed by atoms with Crippen LogP contribution in [0.15, 0.2) is 47.4 Å². The van der Waals surface area contributed by atoms with Gasteiger partial charge in [-0.05, 0) is 11.5 Å². The summed E-state index contributed by atoms with van der Waals surface area (Å²) in [4.78, 5) is 11.0. The van der Waals surface area contributed by atoms with Crippen LogP contribution in [-0.2, 0) is 0 Å². The first-order valence-corrected chi connectivity index (χ1v) is 5.59. The molecule has 0 spiro atoms. The largest absolute Gasteiger partial charge is 0.383 e. The molecule has 0 amide bonds. The lowest BCUT2D eigenvalue weighted by atomic mass is 10.0. The monoisotopic (exact) mass is 229 g/mol. The highest BCUT2D eigenvalue weighted by molar-refractivity contribution is 5.39. The van der Waals surface area contributed by atoms with Gasteiger partial charge in [-0.1, -0.05) is 37.3 Å². The van der Waals surface area contributed by atoms with Crippen molar-refractivity contribution in [1.29, 1.82) is 0 Å². The van der Waals surface area contributed by atoms with Crippen LogP contribution in [0.1, 0.15) is 18.4 Å². The fourth-order valence-electron chi connectivity index (χ4n) is 1.64. The van der Waals surface area contributed by atoms with Gasteiger partial charge in [0.25, 0.3) is 5.56 Å². The third kappa shape index (κ3) is 3.17. The maximum Gasteiger partial charge on any atom is 0.266 e. The molecule has 0 fully saturated rings. The molecule has 4 nitrogen and oxygen atoms in total. The van der Waals surface area contributed by atoms with Crippen LogP contribution in [0.4, 0.5) is 5.69 Å². The van der Waals surface area contributed by atoms with Crippen molar-refractivity contribution < 1.29 is 0 Å². The van der Waals surface area contributed by atoms with Crippen molar-refractivity contribution in [2.45, 2.75) is 12.8 Å². The molecule has 0 bridgehead atoms. The van der Waals surface area contributed by atoms with Gasteiger partial charge in [0, 0.05) is 12.6 Å². The molecular formula is C13H15N3O. The molecule has 1 atom stereocenters. The normalized spacial score (nSPS) is 12.1. The lowest BCUT2D eigenvalue weighted by Gasteiger charge is -2.13. The molecule has 1 aromatic heterocycles. The Morgan fingerprint density at radius 2 is 2.12 bits per heavy atom. The maximum atomic E-state index is 11.0. The summed E-state index contributed by atoms with van der Waals surface area (Å²) in [5.74, 6) is 0.385. The van der Waals surface area contributed by atoms with Crippen LogP contribution in [0.25, 0.3) is 0 Å². The molecule has 2 N–H and O–H groups in total.